The number of aromatic nitrogens is 2. The van der Waals surface area contributed by atoms with E-state index in [1.165, 1.54) is 29.8 Å². The first kappa shape index (κ1) is 23.2. The second-order valence-corrected chi connectivity index (χ2v) is 9.34. The zero-order chi connectivity index (χ0) is 24.4. The number of hydrogen-bond donors (Lipinski definition) is 1. The van der Waals surface area contributed by atoms with E-state index in [4.69, 9.17) is 0 Å². The van der Waals surface area contributed by atoms with Crippen LogP contribution < -0.4 is 10.1 Å². The standard InChI is InChI=1S/C27H27F2N3O3/c28-26(29)35-20-10-7-19(8-11-20)23(33)17-27(13-3-4-14-27)25(34)31-21-12-9-18-5-1-2-6-22(18)32-16-15-30-24(21)32/h1-2,5-8,10-11,15-16,21,26H,3-4,9,12-14,17H2,(H,31,34). The molecule has 1 unspecified atom stereocenters. The van der Waals surface area contributed by atoms with Crippen LogP contribution in [0.2, 0.25) is 0 Å². The number of aryl methyl sites for hydroxylation is 1. The van der Waals surface area contributed by atoms with Crippen LogP contribution in [0.3, 0.4) is 0 Å². The van der Waals surface area contributed by atoms with Gasteiger partial charge in [0, 0.05) is 30.1 Å². The van der Waals surface area contributed by atoms with Gasteiger partial charge in [0.25, 0.3) is 0 Å². The number of nitrogens with one attached hydrogen (secondary N) is 1. The van der Waals surface area contributed by atoms with Gasteiger partial charge in [0.15, 0.2) is 5.78 Å². The summed E-state index contributed by atoms with van der Waals surface area (Å²) in [6.45, 7) is -2.92. The molecule has 0 bridgehead atoms. The van der Waals surface area contributed by atoms with Gasteiger partial charge in [0.1, 0.15) is 11.6 Å². The van der Waals surface area contributed by atoms with Crippen LogP contribution in [0.1, 0.15) is 66.3 Å². The van der Waals surface area contributed by atoms with Crippen molar-refractivity contribution < 1.29 is 23.1 Å². The van der Waals surface area contributed by atoms with Crippen molar-refractivity contribution in [2.75, 3.05) is 0 Å². The molecule has 1 amide bonds. The van der Waals surface area contributed by atoms with E-state index < -0.39 is 12.0 Å². The van der Waals surface area contributed by atoms with Crippen molar-refractivity contribution in [2.45, 2.75) is 57.6 Å². The number of benzene rings is 2. The summed E-state index contributed by atoms with van der Waals surface area (Å²) in [5.74, 6) is 0.485. The van der Waals surface area contributed by atoms with Crippen LogP contribution in [0.25, 0.3) is 5.69 Å². The molecule has 6 nitrogen and oxygen atoms in total. The second kappa shape index (κ2) is 9.60. The van der Waals surface area contributed by atoms with E-state index in [1.807, 2.05) is 22.9 Å². The Bertz CT molecular complexity index is 1220. The molecule has 0 saturated heterocycles. The Morgan fingerprint density at radius 3 is 2.60 bits per heavy atom. The average molecular weight is 480 g/mol. The van der Waals surface area contributed by atoms with Gasteiger partial charge in [-0.1, -0.05) is 31.0 Å². The van der Waals surface area contributed by atoms with Gasteiger partial charge >= 0.3 is 6.61 Å². The molecule has 2 aromatic carbocycles. The monoisotopic (exact) mass is 479 g/mol. The first-order valence-corrected chi connectivity index (χ1v) is 12.0. The van der Waals surface area contributed by atoms with Crippen LogP contribution in [0, 0.1) is 5.41 Å². The zero-order valence-electron chi connectivity index (χ0n) is 19.3. The molecule has 5 rings (SSSR count). The Hall–Kier alpha value is -3.55. The second-order valence-electron chi connectivity index (χ2n) is 9.34. The van der Waals surface area contributed by atoms with E-state index in [0.717, 1.165) is 37.2 Å². The highest BCUT2D eigenvalue weighted by molar-refractivity contribution is 6.00. The lowest BCUT2D eigenvalue weighted by Gasteiger charge is -2.29. The summed E-state index contributed by atoms with van der Waals surface area (Å²) in [6.07, 6.45) is 8.30. The van der Waals surface area contributed by atoms with Gasteiger partial charge in [0.05, 0.1) is 11.5 Å². The van der Waals surface area contributed by atoms with Crippen LogP contribution in [0.5, 0.6) is 5.75 Å². The number of halogens is 2. The number of carbonyl (C=O) groups is 2. The van der Waals surface area contributed by atoms with Crippen LogP contribution >= 0.6 is 0 Å². The molecule has 1 aliphatic heterocycles. The Morgan fingerprint density at radius 1 is 1.11 bits per heavy atom. The van der Waals surface area contributed by atoms with Crippen molar-refractivity contribution in [1.29, 1.82) is 0 Å². The molecule has 2 aliphatic rings. The highest BCUT2D eigenvalue weighted by atomic mass is 19.3. The lowest BCUT2D eigenvalue weighted by Crippen LogP contribution is -2.43. The molecule has 1 N–H and O–H groups in total. The number of nitrogens with zero attached hydrogens (tertiary/aromatic N) is 2. The van der Waals surface area contributed by atoms with E-state index >= 15 is 0 Å². The number of carbonyl (C=O) groups excluding carboxylic acids is 2. The summed E-state index contributed by atoms with van der Waals surface area (Å²) < 4.78 is 31.2. The Balaban J connectivity index is 1.33. The summed E-state index contributed by atoms with van der Waals surface area (Å²) in [5, 5.41) is 3.23. The molecule has 1 fully saturated rings. The minimum atomic E-state index is -2.92. The summed E-state index contributed by atoms with van der Waals surface area (Å²) in [5.41, 5.74) is 1.87. The normalized spacial score (nSPS) is 18.4. The summed E-state index contributed by atoms with van der Waals surface area (Å²) in [7, 11) is 0. The maximum atomic E-state index is 13.7. The highest BCUT2D eigenvalue weighted by Crippen LogP contribution is 2.43. The number of hydrogen-bond acceptors (Lipinski definition) is 4. The summed E-state index contributed by atoms with van der Waals surface area (Å²) >= 11 is 0. The maximum Gasteiger partial charge on any atom is 0.387 e. The number of para-hydroxylation sites is 1. The fraction of sp³-hybridized carbons (Fsp3) is 0.370. The van der Waals surface area contributed by atoms with Crippen molar-refractivity contribution >= 4 is 11.7 Å². The molecular formula is C27H27F2N3O3. The van der Waals surface area contributed by atoms with E-state index in [9.17, 15) is 18.4 Å². The molecule has 35 heavy (non-hydrogen) atoms. The molecule has 182 valence electrons. The Morgan fingerprint density at radius 2 is 1.86 bits per heavy atom. The van der Waals surface area contributed by atoms with Crippen molar-refractivity contribution in [2.24, 2.45) is 5.41 Å². The molecule has 2 heterocycles. The molecule has 0 spiro atoms. The topological polar surface area (TPSA) is 73.2 Å². The number of rotatable bonds is 7. The molecule has 8 heteroatoms. The van der Waals surface area contributed by atoms with Crippen LogP contribution in [-0.4, -0.2) is 27.9 Å². The molecule has 1 saturated carbocycles. The van der Waals surface area contributed by atoms with Crippen molar-refractivity contribution in [1.82, 2.24) is 14.9 Å². The van der Waals surface area contributed by atoms with E-state index in [1.54, 1.807) is 6.20 Å². The Labute approximate surface area is 202 Å². The van der Waals surface area contributed by atoms with Crippen LogP contribution in [0.15, 0.2) is 60.9 Å². The number of alkyl halides is 2. The van der Waals surface area contributed by atoms with E-state index in [2.05, 4.69) is 27.2 Å². The van der Waals surface area contributed by atoms with Gasteiger partial charge in [-0.05, 0) is 61.6 Å². The minimum Gasteiger partial charge on any atom is -0.435 e. The first-order chi connectivity index (χ1) is 16.9. The van der Waals surface area contributed by atoms with Gasteiger partial charge in [-0.25, -0.2) is 4.98 Å². The molecular weight excluding hydrogens is 452 g/mol. The fourth-order valence-electron chi connectivity index (χ4n) is 5.38. The van der Waals surface area contributed by atoms with Gasteiger partial charge in [0.2, 0.25) is 5.91 Å². The smallest absolute Gasteiger partial charge is 0.387 e. The van der Waals surface area contributed by atoms with Crippen LogP contribution in [-0.2, 0) is 11.2 Å². The predicted octanol–water partition coefficient (Wildman–Crippen LogP) is 5.41. The summed E-state index contributed by atoms with van der Waals surface area (Å²) in [4.78, 5) is 31.4. The molecule has 1 aromatic heterocycles. The largest absolute Gasteiger partial charge is 0.435 e. The third-order valence-electron chi connectivity index (χ3n) is 7.18. The zero-order valence-corrected chi connectivity index (χ0v) is 19.3. The summed E-state index contributed by atoms with van der Waals surface area (Å²) in [6, 6.07) is 13.5. The van der Waals surface area contributed by atoms with Crippen molar-refractivity contribution in [3.8, 4) is 11.4 Å². The third-order valence-corrected chi connectivity index (χ3v) is 7.18. The molecule has 1 aliphatic carbocycles. The quantitative estimate of drug-likeness (QED) is 0.460. The van der Waals surface area contributed by atoms with Gasteiger partial charge in [-0.2, -0.15) is 8.78 Å². The number of fused-ring (bicyclic) bond motifs is 3. The third kappa shape index (κ3) is 4.70. The molecule has 3 aromatic rings. The van der Waals surface area contributed by atoms with Gasteiger partial charge < -0.3 is 14.6 Å². The lowest BCUT2D eigenvalue weighted by atomic mass is 9.78. The van der Waals surface area contributed by atoms with Crippen molar-refractivity contribution in [3.63, 3.8) is 0 Å². The van der Waals surface area contributed by atoms with Crippen LogP contribution in [0.4, 0.5) is 8.78 Å². The SMILES string of the molecule is O=C(CC1(C(=O)NC2CCc3ccccc3-n3ccnc32)CCCC1)c1ccc(OC(F)F)cc1. The molecule has 0 radical (unpaired) electrons. The van der Waals surface area contributed by atoms with Gasteiger partial charge in [-0.3, -0.25) is 9.59 Å². The number of ether oxygens (including phenoxy) is 1. The fourth-order valence-corrected chi connectivity index (χ4v) is 5.38. The molecule has 1 atom stereocenters. The average Bonchev–Trinajstić information content (AvgIpc) is 3.50. The number of imidazole rings is 1. The highest BCUT2D eigenvalue weighted by Gasteiger charge is 2.44. The van der Waals surface area contributed by atoms with Crippen molar-refractivity contribution in [3.05, 3.63) is 77.9 Å². The van der Waals surface area contributed by atoms with E-state index in [-0.39, 0.29) is 29.9 Å². The van der Waals surface area contributed by atoms with Gasteiger partial charge in [-0.15, -0.1) is 0 Å². The first-order valence-electron chi connectivity index (χ1n) is 12.0. The number of amides is 1. The number of Topliss-reactive ketones (excluding diaryl/α,β-unsaturated/α-hetero) is 1. The van der Waals surface area contributed by atoms with E-state index in [0.29, 0.717) is 18.4 Å². The predicted molar refractivity (Wildman–Crippen MR) is 126 cm³/mol. The lowest BCUT2D eigenvalue weighted by molar-refractivity contribution is -0.131. The Kier molecular flexibility index (Phi) is 6.36. The maximum absolute atomic E-state index is 13.7. The number of ketones is 1. The minimum absolute atomic E-state index is 0.00488.